The first kappa shape index (κ1) is 10.3. The number of quaternary nitrogens is 1. The molecule has 4 N–H and O–H groups in total. The van der Waals surface area contributed by atoms with E-state index in [2.05, 4.69) is 5.73 Å². The molecule has 0 heterocycles. The molecule has 0 amide bonds. The summed E-state index contributed by atoms with van der Waals surface area (Å²) in [6.07, 6.45) is -0.531. The number of ether oxygens (including phenoxy) is 1. The minimum atomic E-state index is -0.531. The van der Waals surface area contributed by atoms with Gasteiger partial charge in [-0.3, -0.25) is 0 Å². The zero-order valence-electron chi connectivity index (χ0n) is 7.24. The Balaban J connectivity index is 2.50. The lowest BCUT2D eigenvalue weighted by Crippen LogP contribution is -2.56. The molecular formula is C9H13ClNO2+. The van der Waals surface area contributed by atoms with Gasteiger partial charge in [0.15, 0.2) is 0 Å². The van der Waals surface area contributed by atoms with E-state index in [0.29, 0.717) is 17.3 Å². The molecule has 0 saturated carbocycles. The van der Waals surface area contributed by atoms with Gasteiger partial charge in [0.2, 0.25) is 0 Å². The van der Waals surface area contributed by atoms with Gasteiger partial charge in [-0.2, -0.15) is 0 Å². The number of aliphatic hydroxyl groups excluding tert-OH is 1. The molecule has 1 rings (SSSR count). The maximum Gasteiger partial charge on any atom is 0.138 e. The van der Waals surface area contributed by atoms with Crippen molar-refractivity contribution >= 4 is 11.6 Å². The highest BCUT2D eigenvalue weighted by Crippen LogP contribution is 2.22. The van der Waals surface area contributed by atoms with E-state index < -0.39 is 6.10 Å². The van der Waals surface area contributed by atoms with Crippen LogP contribution in [0.1, 0.15) is 0 Å². The van der Waals surface area contributed by atoms with E-state index in [-0.39, 0.29) is 6.61 Å². The fourth-order valence-corrected chi connectivity index (χ4v) is 1.02. The maximum absolute atomic E-state index is 9.18. The largest absolute Gasteiger partial charge is 0.489 e. The molecule has 0 unspecified atom stereocenters. The molecule has 13 heavy (non-hydrogen) atoms. The third-order valence-corrected chi connectivity index (χ3v) is 1.91. The van der Waals surface area contributed by atoms with Crippen LogP contribution in [0.2, 0.25) is 5.02 Å². The van der Waals surface area contributed by atoms with Crippen LogP contribution in [0.15, 0.2) is 24.3 Å². The van der Waals surface area contributed by atoms with Gasteiger partial charge < -0.3 is 15.6 Å². The molecule has 0 aliphatic heterocycles. The Hall–Kier alpha value is -0.770. The molecular weight excluding hydrogens is 190 g/mol. The van der Waals surface area contributed by atoms with Crippen molar-refractivity contribution in [2.75, 3.05) is 13.2 Å². The van der Waals surface area contributed by atoms with Crippen LogP contribution >= 0.6 is 11.6 Å². The molecule has 0 radical (unpaired) electrons. The van der Waals surface area contributed by atoms with Crippen molar-refractivity contribution in [3.05, 3.63) is 29.3 Å². The molecule has 1 aromatic rings. The second-order valence-corrected chi connectivity index (χ2v) is 3.09. The van der Waals surface area contributed by atoms with Gasteiger partial charge in [-0.1, -0.05) is 23.7 Å². The predicted octanol–water partition coefficient (Wildman–Crippen LogP) is 0.322. The quantitative estimate of drug-likeness (QED) is 0.739. The Morgan fingerprint density at radius 3 is 2.77 bits per heavy atom. The number of hydrogen-bond acceptors (Lipinski definition) is 2. The van der Waals surface area contributed by atoms with Crippen LogP contribution < -0.4 is 10.5 Å². The number of benzene rings is 1. The molecule has 0 aliphatic carbocycles. The summed E-state index contributed by atoms with van der Waals surface area (Å²) in [4.78, 5) is 0. The Kier molecular flexibility index (Phi) is 4.02. The number of hydrogen-bond donors (Lipinski definition) is 2. The van der Waals surface area contributed by atoms with E-state index >= 15 is 0 Å². The van der Waals surface area contributed by atoms with Gasteiger partial charge in [0, 0.05) is 0 Å². The first-order valence-corrected chi connectivity index (χ1v) is 4.46. The Morgan fingerprint density at radius 1 is 1.46 bits per heavy atom. The van der Waals surface area contributed by atoms with E-state index in [4.69, 9.17) is 16.3 Å². The van der Waals surface area contributed by atoms with E-state index in [1.807, 2.05) is 12.1 Å². The lowest BCUT2D eigenvalue weighted by molar-refractivity contribution is -0.384. The molecule has 1 aromatic carbocycles. The van der Waals surface area contributed by atoms with E-state index in [1.54, 1.807) is 12.1 Å². The monoisotopic (exact) mass is 202 g/mol. The lowest BCUT2D eigenvalue weighted by Gasteiger charge is -2.09. The number of para-hydroxylation sites is 1. The van der Waals surface area contributed by atoms with Crippen molar-refractivity contribution < 1.29 is 15.6 Å². The smallest absolute Gasteiger partial charge is 0.138 e. The molecule has 0 fully saturated rings. The van der Waals surface area contributed by atoms with Crippen LogP contribution in [0.4, 0.5) is 0 Å². The van der Waals surface area contributed by atoms with Crippen LogP contribution in [0.3, 0.4) is 0 Å². The molecule has 1 atom stereocenters. The Bertz CT molecular complexity index is 268. The van der Waals surface area contributed by atoms with Crippen LogP contribution in [0.25, 0.3) is 0 Å². The van der Waals surface area contributed by atoms with Gasteiger partial charge in [-0.15, -0.1) is 0 Å². The summed E-state index contributed by atoms with van der Waals surface area (Å²) in [6.45, 7) is 0.664. The highest BCUT2D eigenvalue weighted by Gasteiger charge is 2.05. The molecule has 0 bridgehead atoms. The standard InChI is InChI=1S/C9H12ClNO2/c10-8-3-1-2-4-9(8)13-6-7(12)5-11/h1-4,7,12H,5-6,11H2/p+1/t7-/m0/s1. The molecule has 3 nitrogen and oxygen atoms in total. The highest BCUT2D eigenvalue weighted by atomic mass is 35.5. The van der Waals surface area contributed by atoms with E-state index in [0.717, 1.165) is 0 Å². The fourth-order valence-electron chi connectivity index (χ4n) is 0.831. The number of rotatable bonds is 4. The average molecular weight is 203 g/mol. The topological polar surface area (TPSA) is 57.1 Å². The van der Waals surface area contributed by atoms with Crippen molar-refractivity contribution in [1.29, 1.82) is 0 Å². The summed E-state index contributed by atoms with van der Waals surface area (Å²) in [7, 11) is 0. The zero-order chi connectivity index (χ0) is 9.68. The normalized spacial score (nSPS) is 12.5. The van der Waals surface area contributed by atoms with Crippen LogP contribution in [0.5, 0.6) is 5.75 Å². The summed E-state index contributed by atoms with van der Waals surface area (Å²) in [5.74, 6) is 0.594. The van der Waals surface area contributed by atoms with Gasteiger partial charge in [-0.25, -0.2) is 0 Å². The van der Waals surface area contributed by atoms with E-state index in [9.17, 15) is 5.11 Å². The van der Waals surface area contributed by atoms with Gasteiger partial charge in [-0.05, 0) is 12.1 Å². The highest BCUT2D eigenvalue weighted by molar-refractivity contribution is 6.32. The third kappa shape index (κ3) is 3.22. The molecule has 0 saturated heterocycles. The summed E-state index contributed by atoms with van der Waals surface area (Å²) in [6, 6.07) is 7.16. The average Bonchev–Trinajstić information content (AvgIpc) is 2.16. The van der Waals surface area contributed by atoms with Gasteiger partial charge in [0.05, 0.1) is 5.02 Å². The van der Waals surface area contributed by atoms with Crippen molar-refractivity contribution in [3.8, 4) is 5.75 Å². The molecule has 0 aliphatic rings. The third-order valence-electron chi connectivity index (χ3n) is 1.60. The second kappa shape index (κ2) is 5.07. The van der Waals surface area contributed by atoms with Crippen LogP contribution in [0, 0.1) is 0 Å². The number of aliphatic hydroxyl groups is 1. The second-order valence-electron chi connectivity index (χ2n) is 2.68. The molecule has 72 valence electrons. The zero-order valence-corrected chi connectivity index (χ0v) is 8.00. The summed E-state index contributed by atoms with van der Waals surface area (Å²) >= 11 is 5.83. The first-order valence-electron chi connectivity index (χ1n) is 4.08. The summed E-state index contributed by atoms with van der Waals surface area (Å²) in [5.41, 5.74) is 3.56. The lowest BCUT2D eigenvalue weighted by atomic mass is 10.3. The maximum atomic E-state index is 9.18. The minimum Gasteiger partial charge on any atom is -0.489 e. The van der Waals surface area contributed by atoms with Crippen molar-refractivity contribution in [3.63, 3.8) is 0 Å². The SMILES string of the molecule is [NH3+]C[C@H](O)COc1ccccc1Cl. The molecule has 0 spiro atoms. The number of halogens is 1. The van der Waals surface area contributed by atoms with Crippen molar-refractivity contribution in [1.82, 2.24) is 0 Å². The van der Waals surface area contributed by atoms with Crippen LogP contribution in [-0.4, -0.2) is 24.4 Å². The van der Waals surface area contributed by atoms with Gasteiger partial charge in [0.1, 0.15) is 25.0 Å². The summed E-state index contributed by atoms with van der Waals surface area (Å²) in [5, 5.41) is 9.73. The Labute approximate surface area is 82.1 Å². The van der Waals surface area contributed by atoms with E-state index in [1.165, 1.54) is 0 Å². The van der Waals surface area contributed by atoms with Crippen molar-refractivity contribution in [2.45, 2.75) is 6.10 Å². The minimum absolute atomic E-state index is 0.229. The van der Waals surface area contributed by atoms with Crippen molar-refractivity contribution in [2.24, 2.45) is 0 Å². The van der Waals surface area contributed by atoms with Crippen LogP contribution in [-0.2, 0) is 0 Å². The molecule has 0 aromatic heterocycles. The first-order chi connectivity index (χ1) is 6.24. The Morgan fingerprint density at radius 2 is 2.15 bits per heavy atom. The molecule has 4 heteroatoms. The summed E-state index contributed by atoms with van der Waals surface area (Å²) < 4.78 is 5.27. The van der Waals surface area contributed by atoms with Gasteiger partial charge in [0.25, 0.3) is 0 Å². The predicted molar refractivity (Wildman–Crippen MR) is 50.7 cm³/mol. The van der Waals surface area contributed by atoms with Gasteiger partial charge >= 0.3 is 0 Å². The fraction of sp³-hybridized carbons (Fsp3) is 0.333.